The average Bonchev–Trinajstić information content (AvgIpc) is 2.52. The highest BCUT2D eigenvalue weighted by Crippen LogP contribution is 2.22. The van der Waals surface area contributed by atoms with Gasteiger partial charge in [0, 0.05) is 0 Å². The highest BCUT2D eigenvalue weighted by Gasteiger charge is 2.23. The predicted octanol–water partition coefficient (Wildman–Crippen LogP) is 0.141. The Bertz CT molecular complexity index is 174. The van der Waals surface area contributed by atoms with Crippen LogP contribution in [-0.4, -0.2) is 12.5 Å². The second kappa shape index (κ2) is 4.02. The SMILES string of the molecule is C#CCNC(=O)[C]1[CH][CH][CH][CH]1. The fourth-order valence-electron chi connectivity index (χ4n) is 0.759. The van der Waals surface area contributed by atoms with Crippen LogP contribution in [0, 0.1) is 43.9 Å². The van der Waals surface area contributed by atoms with Crippen molar-refractivity contribution in [2.75, 3.05) is 6.54 Å². The summed E-state index contributed by atoms with van der Waals surface area (Å²) in [7, 11) is 0. The van der Waals surface area contributed by atoms with Crippen molar-refractivity contribution >= 4 is 5.91 Å². The van der Waals surface area contributed by atoms with E-state index in [1.54, 1.807) is 12.8 Å². The quantitative estimate of drug-likeness (QED) is 0.552. The van der Waals surface area contributed by atoms with Crippen molar-refractivity contribution in [1.29, 1.82) is 0 Å². The zero-order valence-electron chi connectivity index (χ0n) is 6.00. The van der Waals surface area contributed by atoms with Crippen molar-refractivity contribution in [3.05, 3.63) is 31.6 Å². The van der Waals surface area contributed by atoms with Gasteiger partial charge in [0.05, 0.1) is 12.5 Å². The minimum atomic E-state index is -0.118. The highest BCUT2D eigenvalue weighted by molar-refractivity contribution is 5.95. The molecular weight excluding hydrogens is 138 g/mol. The zero-order valence-corrected chi connectivity index (χ0v) is 6.00. The Morgan fingerprint density at radius 2 is 2.18 bits per heavy atom. The van der Waals surface area contributed by atoms with Gasteiger partial charge in [0.15, 0.2) is 0 Å². The Labute approximate surface area is 67.4 Å². The lowest BCUT2D eigenvalue weighted by Gasteiger charge is -2.05. The summed E-state index contributed by atoms with van der Waals surface area (Å²) in [6, 6.07) is 0. The lowest BCUT2D eigenvalue weighted by Crippen LogP contribution is -2.28. The van der Waals surface area contributed by atoms with Crippen LogP contribution in [0.1, 0.15) is 0 Å². The van der Waals surface area contributed by atoms with Gasteiger partial charge in [0.1, 0.15) is 0 Å². The zero-order chi connectivity index (χ0) is 8.10. The summed E-state index contributed by atoms with van der Waals surface area (Å²) < 4.78 is 0. The third kappa shape index (κ3) is 2.27. The number of carbonyl (C=O) groups is 1. The van der Waals surface area contributed by atoms with Gasteiger partial charge in [-0.2, -0.15) is 0 Å². The van der Waals surface area contributed by atoms with Gasteiger partial charge in [0.2, 0.25) is 5.91 Å². The van der Waals surface area contributed by atoms with Crippen LogP contribution >= 0.6 is 0 Å². The molecule has 0 aromatic rings. The van der Waals surface area contributed by atoms with E-state index in [0.29, 0.717) is 5.92 Å². The van der Waals surface area contributed by atoms with Crippen LogP contribution in [0.4, 0.5) is 0 Å². The van der Waals surface area contributed by atoms with Crippen LogP contribution in [0.3, 0.4) is 0 Å². The van der Waals surface area contributed by atoms with Gasteiger partial charge >= 0.3 is 0 Å². The fraction of sp³-hybridized carbons (Fsp3) is 0.111. The molecule has 5 radical (unpaired) electrons. The highest BCUT2D eigenvalue weighted by atomic mass is 16.1. The van der Waals surface area contributed by atoms with E-state index in [1.165, 1.54) is 0 Å². The molecule has 0 aliphatic heterocycles. The van der Waals surface area contributed by atoms with Gasteiger partial charge in [-0.05, 0) is 25.7 Å². The van der Waals surface area contributed by atoms with E-state index in [0.717, 1.165) is 0 Å². The molecule has 0 aromatic carbocycles. The minimum absolute atomic E-state index is 0.118. The molecule has 1 fully saturated rings. The topological polar surface area (TPSA) is 29.1 Å². The maximum atomic E-state index is 11.1. The molecule has 55 valence electrons. The van der Waals surface area contributed by atoms with E-state index in [9.17, 15) is 4.79 Å². The third-order valence-electron chi connectivity index (χ3n) is 1.28. The van der Waals surface area contributed by atoms with Crippen LogP contribution in [0.15, 0.2) is 0 Å². The van der Waals surface area contributed by atoms with Crippen molar-refractivity contribution in [3.63, 3.8) is 0 Å². The molecular formula is C9H8NO. The molecule has 1 aliphatic carbocycles. The Morgan fingerprint density at radius 1 is 1.55 bits per heavy atom. The summed E-state index contributed by atoms with van der Waals surface area (Å²) >= 11 is 0. The third-order valence-corrected chi connectivity index (χ3v) is 1.28. The second-order valence-electron chi connectivity index (χ2n) is 2.06. The van der Waals surface area contributed by atoms with Gasteiger partial charge in [-0.1, -0.05) is 5.92 Å². The van der Waals surface area contributed by atoms with Crippen molar-refractivity contribution in [3.8, 4) is 12.3 Å². The molecule has 1 saturated carbocycles. The van der Waals surface area contributed by atoms with Crippen LogP contribution in [-0.2, 0) is 4.79 Å². The van der Waals surface area contributed by atoms with E-state index in [2.05, 4.69) is 11.2 Å². The first-order valence-corrected chi connectivity index (χ1v) is 3.28. The summed E-state index contributed by atoms with van der Waals surface area (Å²) in [5.74, 6) is 2.86. The van der Waals surface area contributed by atoms with Gasteiger partial charge < -0.3 is 5.32 Å². The van der Waals surface area contributed by atoms with Crippen molar-refractivity contribution in [2.24, 2.45) is 0 Å². The van der Waals surface area contributed by atoms with Crippen molar-refractivity contribution < 1.29 is 4.79 Å². The summed E-state index contributed by atoms with van der Waals surface area (Å²) in [5, 5.41) is 2.56. The molecule has 11 heavy (non-hydrogen) atoms. The number of nitrogens with one attached hydrogen (secondary N) is 1. The van der Waals surface area contributed by atoms with Crippen LogP contribution in [0.2, 0.25) is 0 Å². The summed E-state index contributed by atoms with van der Waals surface area (Å²) in [5.41, 5.74) is 0. The molecule has 1 N–H and O–H groups in total. The maximum Gasteiger partial charge on any atom is 0.228 e. The maximum absolute atomic E-state index is 11.1. The molecule has 0 unspecified atom stereocenters. The van der Waals surface area contributed by atoms with Gasteiger partial charge in [-0.25, -0.2) is 0 Å². The Morgan fingerprint density at radius 3 is 2.73 bits per heavy atom. The first kappa shape index (κ1) is 8.13. The van der Waals surface area contributed by atoms with E-state index in [4.69, 9.17) is 6.42 Å². The molecule has 1 rings (SSSR count). The Kier molecular flexibility index (Phi) is 2.97. The molecule has 0 atom stereocenters. The van der Waals surface area contributed by atoms with Crippen LogP contribution in [0.5, 0.6) is 0 Å². The molecule has 1 amide bonds. The van der Waals surface area contributed by atoms with Gasteiger partial charge in [-0.3, -0.25) is 4.79 Å². The molecule has 0 aromatic heterocycles. The predicted molar refractivity (Wildman–Crippen MR) is 42.3 cm³/mol. The number of amides is 1. The molecule has 0 bridgehead atoms. The van der Waals surface area contributed by atoms with Crippen molar-refractivity contribution in [2.45, 2.75) is 0 Å². The van der Waals surface area contributed by atoms with Crippen molar-refractivity contribution in [1.82, 2.24) is 5.32 Å². The van der Waals surface area contributed by atoms with Gasteiger partial charge in [0.25, 0.3) is 0 Å². The summed E-state index contributed by atoms with van der Waals surface area (Å²) in [4.78, 5) is 11.1. The Hall–Kier alpha value is -0.970. The number of carbonyl (C=O) groups excluding carboxylic acids is 1. The van der Waals surface area contributed by atoms with E-state index >= 15 is 0 Å². The first-order chi connectivity index (χ1) is 5.34. The molecule has 0 spiro atoms. The lowest BCUT2D eigenvalue weighted by atomic mass is 10.1. The van der Waals surface area contributed by atoms with Crippen LogP contribution < -0.4 is 5.32 Å². The standard InChI is InChI=1S/C9H8NO/c1-2-7-10-9(11)8-5-3-4-6-8/h1,3-6H,7H2,(H,10,11). The Balaban J connectivity index is 2.24. The van der Waals surface area contributed by atoms with E-state index in [1.807, 2.05) is 12.8 Å². The van der Waals surface area contributed by atoms with Gasteiger partial charge in [-0.15, -0.1) is 6.42 Å². The number of hydrogen-bond donors (Lipinski definition) is 1. The molecule has 1 aliphatic rings. The van der Waals surface area contributed by atoms with E-state index < -0.39 is 0 Å². The molecule has 2 nitrogen and oxygen atoms in total. The first-order valence-electron chi connectivity index (χ1n) is 3.28. The summed E-state index contributed by atoms with van der Waals surface area (Å²) in [6.07, 6.45) is 12.1. The fourth-order valence-corrected chi connectivity index (χ4v) is 0.759. The number of terminal acetylenes is 1. The smallest absolute Gasteiger partial charge is 0.228 e. The van der Waals surface area contributed by atoms with E-state index in [-0.39, 0.29) is 12.5 Å². The number of rotatable bonds is 2. The largest absolute Gasteiger partial charge is 0.345 e. The minimum Gasteiger partial charge on any atom is -0.345 e. The molecule has 0 heterocycles. The lowest BCUT2D eigenvalue weighted by molar-refractivity contribution is -0.118. The second-order valence-corrected chi connectivity index (χ2v) is 2.06. The van der Waals surface area contributed by atoms with Crippen LogP contribution in [0.25, 0.3) is 0 Å². The normalized spacial score (nSPS) is 17.7. The monoisotopic (exact) mass is 146 g/mol. The average molecular weight is 146 g/mol. The molecule has 0 saturated heterocycles. The summed E-state index contributed by atoms with van der Waals surface area (Å²) in [6.45, 7) is 0.282. The molecule has 2 heteroatoms. The number of hydrogen-bond acceptors (Lipinski definition) is 1.